The Hall–Kier alpha value is -2.40. The van der Waals surface area contributed by atoms with E-state index < -0.39 is 0 Å². The van der Waals surface area contributed by atoms with Gasteiger partial charge in [-0.25, -0.2) is 15.0 Å². The van der Waals surface area contributed by atoms with Gasteiger partial charge in [-0.15, -0.1) is 0 Å². The first kappa shape index (κ1) is 14.5. The number of halogens is 1. The van der Waals surface area contributed by atoms with Gasteiger partial charge in [0.2, 0.25) is 5.88 Å². The molecule has 0 atom stereocenters. The van der Waals surface area contributed by atoms with Crippen LogP contribution in [0, 0.1) is 0 Å². The molecule has 0 saturated heterocycles. The van der Waals surface area contributed by atoms with Crippen LogP contribution in [0.25, 0.3) is 10.9 Å². The van der Waals surface area contributed by atoms with Crippen LogP contribution in [0.15, 0.2) is 42.9 Å². The van der Waals surface area contributed by atoms with Crippen LogP contribution in [-0.2, 0) is 6.42 Å². The summed E-state index contributed by atoms with van der Waals surface area (Å²) in [6, 6.07) is 9.48. The predicted octanol–water partition coefficient (Wildman–Crippen LogP) is 3.34. The first-order valence-corrected chi connectivity index (χ1v) is 7.27. The molecule has 2 heterocycles. The standard InChI is InChI=1S/C16H15ClN4O/c1-22-15-8-11(4-6-18-15)5-7-19-16-13-9-12(17)2-3-14(13)20-10-21-16/h2-4,6,8-10H,5,7H2,1H3,(H,19,20,21). The predicted molar refractivity (Wildman–Crippen MR) is 87.5 cm³/mol. The number of fused-ring (bicyclic) bond motifs is 1. The summed E-state index contributed by atoms with van der Waals surface area (Å²) in [5.41, 5.74) is 2.02. The van der Waals surface area contributed by atoms with Crippen molar-refractivity contribution in [3.05, 3.63) is 53.4 Å². The third-order valence-electron chi connectivity index (χ3n) is 3.31. The zero-order valence-corrected chi connectivity index (χ0v) is 12.8. The van der Waals surface area contributed by atoms with E-state index in [1.165, 1.54) is 0 Å². The molecule has 0 aliphatic rings. The fraction of sp³-hybridized carbons (Fsp3) is 0.188. The quantitative estimate of drug-likeness (QED) is 0.782. The van der Waals surface area contributed by atoms with E-state index in [1.807, 2.05) is 30.3 Å². The van der Waals surface area contributed by atoms with Crippen molar-refractivity contribution >= 4 is 28.3 Å². The fourth-order valence-corrected chi connectivity index (χ4v) is 2.38. The van der Waals surface area contributed by atoms with Gasteiger partial charge in [-0.3, -0.25) is 0 Å². The summed E-state index contributed by atoms with van der Waals surface area (Å²) >= 11 is 6.05. The number of pyridine rings is 1. The van der Waals surface area contributed by atoms with E-state index in [2.05, 4.69) is 20.3 Å². The lowest BCUT2D eigenvalue weighted by Crippen LogP contribution is -2.07. The van der Waals surface area contributed by atoms with Gasteiger partial charge in [0, 0.05) is 29.2 Å². The molecule has 5 nitrogen and oxygen atoms in total. The summed E-state index contributed by atoms with van der Waals surface area (Å²) in [7, 11) is 1.61. The largest absolute Gasteiger partial charge is 0.481 e. The molecule has 3 aromatic rings. The molecule has 2 aromatic heterocycles. The Morgan fingerprint density at radius 1 is 1.14 bits per heavy atom. The second kappa shape index (κ2) is 6.58. The van der Waals surface area contributed by atoms with Gasteiger partial charge >= 0.3 is 0 Å². The minimum absolute atomic E-state index is 0.622. The van der Waals surface area contributed by atoms with Crippen molar-refractivity contribution in [3.8, 4) is 5.88 Å². The highest BCUT2D eigenvalue weighted by Crippen LogP contribution is 2.23. The maximum atomic E-state index is 6.05. The number of anilines is 1. The number of nitrogens with zero attached hydrogens (tertiary/aromatic N) is 3. The van der Waals surface area contributed by atoms with E-state index in [0.717, 1.165) is 35.2 Å². The molecular weight excluding hydrogens is 300 g/mol. The molecule has 1 N–H and O–H groups in total. The van der Waals surface area contributed by atoms with Gasteiger partial charge in [-0.1, -0.05) is 11.6 Å². The van der Waals surface area contributed by atoms with E-state index in [-0.39, 0.29) is 0 Å². The maximum absolute atomic E-state index is 6.05. The molecule has 0 amide bonds. The third-order valence-corrected chi connectivity index (χ3v) is 3.55. The Morgan fingerprint density at radius 3 is 2.91 bits per heavy atom. The van der Waals surface area contributed by atoms with Gasteiger partial charge < -0.3 is 10.1 Å². The SMILES string of the molecule is COc1cc(CCNc2ncnc3ccc(Cl)cc23)ccn1. The summed E-state index contributed by atoms with van der Waals surface area (Å²) in [5, 5.41) is 4.92. The summed E-state index contributed by atoms with van der Waals surface area (Å²) in [6.45, 7) is 0.742. The number of hydrogen-bond donors (Lipinski definition) is 1. The summed E-state index contributed by atoms with van der Waals surface area (Å²) < 4.78 is 5.12. The highest BCUT2D eigenvalue weighted by Gasteiger charge is 2.04. The van der Waals surface area contributed by atoms with Crippen LogP contribution in [-0.4, -0.2) is 28.6 Å². The number of aromatic nitrogens is 3. The van der Waals surface area contributed by atoms with E-state index in [9.17, 15) is 0 Å². The lowest BCUT2D eigenvalue weighted by molar-refractivity contribution is 0.397. The molecule has 0 fully saturated rings. The zero-order chi connectivity index (χ0) is 15.4. The van der Waals surface area contributed by atoms with Crippen LogP contribution in [0.4, 0.5) is 5.82 Å². The molecule has 6 heteroatoms. The Kier molecular flexibility index (Phi) is 4.34. The fourth-order valence-electron chi connectivity index (χ4n) is 2.21. The summed E-state index contributed by atoms with van der Waals surface area (Å²) in [4.78, 5) is 12.6. The van der Waals surface area contributed by atoms with Gasteiger partial charge in [0.15, 0.2) is 0 Å². The van der Waals surface area contributed by atoms with Crippen molar-refractivity contribution in [2.45, 2.75) is 6.42 Å². The molecule has 0 unspecified atom stereocenters. The van der Waals surface area contributed by atoms with Crippen molar-refractivity contribution in [2.24, 2.45) is 0 Å². The van der Waals surface area contributed by atoms with Gasteiger partial charge in [-0.2, -0.15) is 0 Å². The van der Waals surface area contributed by atoms with Crippen molar-refractivity contribution < 1.29 is 4.74 Å². The van der Waals surface area contributed by atoms with Crippen LogP contribution in [0.1, 0.15) is 5.56 Å². The second-order valence-electron chi connectivity index (χ2n) is 4.77. The lowest BCUT2D eigenvalue weighted by atomic mass is 10.2. The van der Waals surface area contributed by atoms with Crippen LogP contribution >= 0.6 is 11.6 Å². The number of benzene rings is 1. The van der Waals surface area contributed by atoms with E-state index >= 15 is 0 Å². The Balaban J connectivity index is 1.72. The zero-order valence-electron chi connectivity index (χ0n) is 12.1. The van der Waals surface area contributed by atoms with Gasteiger partial charge in [0.05, 0.1) is 12.6 Å². The molecule has 3 rings (SSSR count). The van der Waals surface area contributed by atoms with Crippen LogP contribution in [0.2, 0.25) is 5.02 Å². The van der Waals surface area contributed by atoms with Crippen molar-refractivity contribution in [2.75, 3.05) is 19.0 Å². The molecular formula is C16H15ClN4O. The van der Waals surface area contributed by atoms with Gasteiger partial charge in [0.1, 0.15) is 12.1 Å². The average Bonchev–Trinajstić information content (AvgIpc) is 2.55. The number of methoxy groups -OCH3 is 1. The lowest BCUT2D eigenvalue weighted by Gasteiger charge is -2.09. The minimum Gasteiger partial charge on any atom is -0.481 e. The first-order chi connectivity index (χ1) is 10.8. The number of ether oxygens (including phenoxy) is 1. The smallest absolute Gasteiger partial charge is 0.213 e. The van der Waals surface area contributed by atoms with E-state index in [0.29, 0.717) is 10.9 Å². The van der Waals surface area contributed by atoms with Crippen LogP contribution in [0.3, 0.4) is 0 Å². The molecule has 0 aliphatic carbocycles. The number of rotatable bonds is 5. The van der Waals surface area contributed by atoms with Crippen molar-refractivity contribution in [1.29, 1.82) is 0 Å². The molecule has 0 bridgehead atoms. The van der Waals surface area contributed by atoms with Crippen molar-refractivity contribution in [1.82, 2.24) is 15.0 Å². The maximum Gasteiger partial charge on any atom is 0.213 e. The van der Waals surface area contributed by atoms with Crippen LogP contribution in [0.5, 0.6) is 5.88 Å². The van der Waals surface area contributed by atoms with Gasteiger partial charge in [-0.05, 0) is 36.2 Å². The molecule has 0 spiro atoms. The molecule has 112 valence electrons. The molecule has 1 aromatic carbocycles. The molecule has 0 aliphatic heterocycles. The topological polar surface area (TPSA) is 59.9 Å². The average molecular weight is 315 g/mol. The number of nitrogens with one attached hydrogen (secondary N) is 1. The normalized spacial score (nSPS) is 10.6. The first-order valence-electron chi connectivity index (χ1n) is 6.89. The van der Waals surface area contributed by atoms with E-state index in [4.69, 9.17) is 16.3 Å². The summed E-state index contributed by atoms with van der Waals surface area (Å²) in [5.74, 6) is 1.41. The summed E-state index contributed by atoms with van der Waals surface area (Å²) in [6.07, 6.45) is 4.13. The third kappa shape index (κ3) is 3.26. The van der Waals surface area contributed by atoms with Gasteiger partial charge in [0.25, 0.3) is 0 Å². The minimum atomic E-state index is 0.622. The highest BCUT2D eigenvalue weighted by atomic mass is 35.5. The highest BCUT2D eigenvalue weighted by molar-refractivity contribution is 6.31. The monoisotopic (exact) mass is 314 g/mol. The number of hydrogen-bond acceptors (Lipinski definition) is 5. The Bertz CT molecular complexity index is 794. The van der Waals surface area contributed by atoms with E-state index in [1.54, 1.807) is 19.6 Å². The molecule has 0 saturated carbocycles. The van der Waals surface area contributed by atoms with Crippen molar-refractivity contribution in [3.63, 3.8) is 0 Å². The molecule has 22 heavy (non-hydrogen) atoms. The second-order valence-corrected chi connectivity index (χ2v) is 5.20. The Morgan fingerprint density at radius 2 is 2.05 bits per heavy atom. The molecule has 0 radical (unpaired) electrons. The Labute approximate surface area is 133 Å². The van der Waals surface area contributed by atoms with Crippen LogP contribution < -0.4 is 10.1 Å².